The molecule has 0 amide bonds. The first-order valence-corrected chi connectivity index (χ1v) is 40.4. The van der Waals surface area contributed by atoms with E-state index in [2.05, 4.69) is 38.2 Å². The molecule has 0 aromatic carbocycles. The third-order valence-electron chi connectivity index (χ3n) is 19.0. The van der Waals surface area contributed by atoms with Gasteiger partial charge in [-0.05, 0) is 44.9 Å². The van der Waals surface area contributed by atoms with Crippen LogP contribution in [0.2, 0.25) is 0 Å². The number of aliphatic hydroxyl groups is 1. The molecule has 516 valence electrons. The zero-order valence-electron chi connectivity index (χ0n) is 59.6. The SMILES string of the molecule is CCCCCCC/C=C\C/C=C\CCCCCCCCCCCCCCCCCCCCCCCC(=O)OC(CO)COC(=O)CCCCCCCCCCCCCCCCCCCCCCCCCCCCCCCCCCCCCCCCCC. The van der Waals surface area contributed by atoms with Crippen LogP contribution in [0.15, 0.2) is 24.3 Å². The monoisotopic (exact) mass is 1220 g/mol. The van der Waals surface area contributed by atoms with Crippen molar-refractivity contribution in [1.82, 2.24) is 0 Å². The van der Waals surface area contributed by atoms with E-state index < -0.39 is 6.10 Å². The van der Waals surface area contributed by atoms with E-state index in [1.807, 2.05) is 0 Å². The number of esters is 2. The summed E-state index contributed by atoms with van der Waals surface area (Å²) in [5, 5.41) is 9.73. The minimum absolute atomic E-state index is 0.0573. The molecule has 87 heavy (non-hydrogen) atoms. The van der Waals surface area contributed by atoms with Crippen molar-refractivity contribution in [2.75, 3.05) is 13.2 Å². The average molecular weight is 1220 g/mol. The Balaban J connectivity index is 3.34. The number of allylic oxidation sites excluding steroid dienone is 4. The second-order valence-corrected chi connectivity index (χ2v) is 27.9. The van der Waals surface area contributed by atoms with E-state index in [0.29, 0.717) is 12.8 Å². The van der Waals surface area contributed by atoms with E-state index in [1.165, 1.54) is 405 Å². The van der Waals surface area contributed by atoms with Crippen LogP contribution in [0.25, 0.3) is 0 Å². The highest BCUT2D eigenvalue weighted by Gasteiger charge is 2.16. The number of carbonyl (C=O) groups is 2. The van der Waals surface area contributed by atoms with Crippen molar-refractivity contribution in [1.29, 1.82) is 0 Å². The van der Waals surface area contributed by atoms with Crippen molar-refractivity contribution in [2.24, 2.45) is 0 Å². The molecule has 5 heteroatoms. The van der Waals surface area contributed by atoms with Gasteiger partial charge in [0.05, 0.1) is 6.61 Å². The molecule has 0 heterocycles. The summed E-state index contributed by atoms with van der Waals surface area (Å²) in [6.45, 7) is 4.21. The lowest BCUT2D eigenvalue weighted by molar-refractivity contribution is -0.161. The summed E-state index contributed by atoms with van der Waals surface area (Å²) in [7, 11) is 0. The zero-order valence-corrected chi connectivity index (χ0v) is 59.6. The van der Waals surface area contributed by atoms with Crippen LogP contribution in [-0.4, -0.2) is 36.4 Å². The van der Waals surface area contributed by atoms with E-state index in [4.69, 9.17) is 9.47 Å². The summed E-state index contributed by atoms with van der Waals surface area (Å²) < 4.78 is 10.8. The third kappa shape index (κ3) is 76.7. The quantitative estimate of drug-likeness (QED) is 0.0373. The summed E-state index contributed by atoms with van der Waals surface area (Å²) >= 11 is 0. The van der Waals surface area contributed by atoms with Gasteiger partial charge in [0.25, 0.3) is 0 Å². The third-order valence-corrected chi connectivity index (χ3v) is 19.0. The molecule has 0 bridgehead atoms. The smallest absolute Gasteiger partial charge is 0.306 e. The maximum absolute atomic E-state index is 12.4. The maximum atomic E-state index is 12.4. The second-order valence-electron chi connectivity index (χ2n) is 27.9. The largest absolute Gasteiger partial charge is 0.462 e. The van der Waals surface area contributed by atoms with Crippen LogP contribution in [0.4, 0.5) is 0 Å². The fourth-order valence-electron chi connectivity index (χ4n) is 12.9. The van der Waals surface area contributed by atoms with E-state index in [1.54, 1.807) is 0 Å². The van der Waals surface area contributed by atoms with Gasteiger partial charge in [0, 0.05) is 12.8 Å². The second kappa shape index (κ2) is 78.6. The van der Waals surface area contributed by atoms with Gasteiger partial charge in [-0.3, -0.25) is 9.59 Å². The Morgan fingerprint density at radius 1 is 0.264 bits per heavy atom. The highest BCUT2D eigenvalue weighted by molar-refractivity contribution is 5.70. The lowest BCUT2D eigenvalue weighted by Gasteiger charge is -2.15. The molecule has 0 fully saturated rings. The molecule has 0 aromatic heterocycles. The van der Waals surface area contributed by atoms with Gasteiger partial charge in [0.2, 0.25) is 0 Å². The molecule has 0 spiro atoms. The molecule has 0 saturated carbocycles. The number of carbonyl (C=O) groups excluding carboxylic acids is 2. The highest BCUT2D eigenvalue weighted by Crippen LogP contribution is 2.21. The highest BCUT2D eigenvalue weighted by atomic mass is 16.6. The molecule has 0 rings (SSSR count). The number of rotatable bonds is 77. The van der Waals surface area contributed by atoms with Crippen molar-refractivity contribution in [3.63, 3.8) is 0 Å². The van der Waals surface area contributed by atoms with Crippen LogP contribution < -0.4 is 0 Å². The molecule has 0 saturated heterocycles. The summed E-state index contributed by atoms with van der Waals surface area (Å²) in [4.78, 5) is 24.7. The van der Waals surface area contributed by atoms with Crippen LogP contribution in [0.5, 0.6) is 0 Å². The Bertz CT molecular complexity index is 1340. The van der Waals surface area contributed by atoms with Crippen LogP contribution >= 0.6 is 0 Å². The van der Waals surface area contributed by atoms with Gasteiger partial charge in [0.15, 0.2) is 6.10 Å². The van der Waals surface area contributed by atoms with E-state index >= 15 is 0 Å². The zero-order chi connectivity index (χ0) is 62.6. The van der Waals surface area contributed by atoms with E-state index in [9.17, 15) is 14.7 Å². The molecule has 1 unspecified atom stereocenters. The molecule has 1 atom stereocenters. The maximum Gasteiger partial charge on any atom is 0.306 e. The number of aliphatic hydroxyl groups excluding tert-OH is 1. The molecule has 0 radical (unpaired) electrons. The summed E-state index contributed by atoms with van der Waals surface area (Å²) in [6.07, 6.45) is 104. The Labute approximate surface area is 546 Å². The molecular formula is C82H158O5. The normalized spacial score (nSPS) is 12.2. The average Bonchev–Trinajstić information content (AvgIpc) is 3.53. The van der Waals surface area contributed by atoms with Crippen molar-refractivity contribution >= 4 is 11.9 Å². The molecule has 1 N–H and O–H groups in total. The van der Waals surface area contributed by atoms with E-state index in [-0.39, 0.29) is 25.2 Å². The van der Waals surface area contributed by atoms with Gasteiger partial charge in [-0.2, -0.15) is 0 Å². The summed E-state index contributed by atoms with van der Waals surface area (Å²) in [6, 6.07) is 0. The van der Waals surface area contributed by atoms with Crippen LogP contribution in [0.3, 0.4) is 0 Å². The Morgan fingerprint density at radius 3 is 0.678 bits per heavy atom. The lowest BCUT2D eigenvalue weighted by Crippen LogP contribution is -2.28. The summed E-state index contributed by atoms with van der Waals surface area (Å²) in [5.74, 6) is -0.560. The van der Waals surface area contributed by atoms with Crippen molar-refractivity contribution in [2.45, 2.75) is 476 Å². The number of hydrogen-bond donors (Lipinski definition) is 1. The van der Waals surface area contributed by atoms with Crippen molar-refractivity contribution < 1.29 is 24.2 Å². The Hall–Kier alpha value is -1.62. The first kappa shape index (κ1) is 85.4. The number of unbranched alkanes of at least 4 members (excludes halogenated alkanes) is 65. The minimum atomic E-state index is -0.769. The fraction of sp³-hybridized carbons (Fsp3) is 0.927. The van der Waals surface area contributed by atoms with Crippen LogP contribution in [-0.2, 0) is 19.1 Å². The van der Waals surface area contributed by atoms with Gasteiger partial charge < -0.3 is 14.6 Å². The molecule has 5 nitrogen and oxygen atoms in total. The summed E-state index contributed by atoms with van der Waals surface area (Å²) in [5.41, 5.74) is 0. The van der Waals surface area contributed by atoms with Gasteiger partial charge in [-0.15, -0.1) is 0 Å². The van der Waals surface area contributed by atoms with Gasteiger partial charge in [-0.25, -0.2) is 0 Å². The predicted molar refractivity (Wildman–Crippen MR) is 385 cm³/mol. The van der Waals surface area contributed by atoms with Crippen molar-refractivity contribution in [3.05, 3.63) is 24.3 Å². The fourth-order valence-corrected chi connectivity index (χ4v) is 12.9. The Kier molecular flexibility index (Phi) is 77.2. The first-order chi connectivity index (χ1) is 43.1. The van der Waals surface area contributed by atoms with Crippen LogP contribution in [0.1, 0.15) is 470 Å². The minimum Gasteiger partial charge on any atom is -0.462 e. The van der Waals surface area contributed by atoms with Crippen LogP contribution in [0, 0.1) is 0 Å². The number of ether oxygens (including phenoxy) is 2. The Morgan fingerprint density at radius 2 is 0.460 bits per heavy atom. The lowest BCUT2D eigenvalue weighted by atomic mass is 10.0. The van der Waals surface area contributed by atoms with Crippen molar-refractivity contribution in [3.8, 4) is 0 Å². The number of hydrogen-bond acceptors (Lipinski definition) is 5. The van der Waals surface area contributed by atoms with E-state index in [0.717, 1.165) is 38.5 Å². The molecule has 0 aliphatic rings. The molecule has 0 aromatic rings. The molecule has 0 aliphatic heterocycles. The standard InChI is InChI=1S/C82H158O5/c1-3-5-7-9-11-13-15-17-19-21-23-25-27-29-31-33-35-37-38-39-40-41-42-43-45-46-48-50-52-54-56-58-60-62-64-66-68-70-72-74-76-81(84)86-79-80(78-83)87-82(85)77-75-73-71-69-67-65-63-61-59-57-55-53-51-49-47-44-36-34-32-30-28-26-24-22-20-18-16-14-12-10-8-6-4-2/h16,18,22,24,80,83H,3-15,17,19-21,23,25-79H2,1-2H3/b18-16-,24-22-. The predicted octanol–water partition coefficient (Wildman–Crippen LogP) is 28.3. The topological polar surface area (TPSA) is 72.8 Å². The molecular weight excluding hydrogens is 1060 g/mol. The van der Waals surface area contributed by atoms with Gasteiger partial charge in [-0.1, -0.05) is 436 Å². The first-order valence-electron chi connectivity index (χ1n) is 40.4. The van der Waals surface area contributed by atoms with Gasteiger partial charge >= 0.3 is 11.9 Å². The molecule has 0 aliphatic carbocycles. The van der Waals surface area contributed by atoms with Gasteiger partial charge in [0.1, 0.15) is 6.61 Å².